The molecule has 0 spiro atoms. The van der Waals surface area contributed by atoms with E-state index in [9.17, 15) is 9.59 Å². The van der Waals surface area contributed by atoms with E-state index in [4.69, 9.17) is 10.2 Å². The molecule has 5 heteroatoms. The monoisotopic (exact) mass is 183 g/mol. The molecule has 0 radical (unpaired) electrons. The van der Waals surface area contributed by atoms with E-state index >= 15 is 0 Å². The zero-order valence-corrected chi connectivity index (χ0v) is 6.80. The summed E-state index contributed by atoms with van der Waals surface area (Å²) in [4.78, 5) is 22.2. The summed E-state index contributed by atoms with van der Waals surface area (Å²) in [5.74, 6) is -1.99. The van der Waals surface area contributed by atoms with Crippen molar-refractivity contribution in [2.75, 3.05) is 13.1 Å². The number of aliphatic carboxylic acids is 2. The van der Waals surface area contributed by atoms with Crippen LogP contribution in [0.15, 0.2) is 23.9 Å². The lowest BCUT2D eigenvalue weighted by Gasteiger charge is -2.20. The molecular weight excluding hydrogens is 174 g/mol. The Kier molecular flexibility index (Phi) is 2.69. The standard InChI is InChI=1S/C8H9NO4/c10-7(11)5-9-3-1-2-6(4-9)8(12)13/h1-3H,4-5H2,(H,10,11)(H,12,13). The molecule has 0 unspecified atom stereocenters. The lowest BCUT2D eigenvalue weighted by Crippen LogP contribution is -2.30. The summed E-state index contributed by atoms with van der Waals surface area (Å²) in [6.07, 6.45) is 4.54. The van der Waals surface area contributed by atoms with Crippen LogP contribution in [0.2, 0.25) is 0 Å². The Bertz CT molecular complexity index is 293. The third-order valence-electron chi connectivity index (χ3n) is 1.58. The second kappa shape index (κ2) is 3.75. The fraction of sp³-hybridized carbons (Fsp3) is 0.250. The first-order valence-corrected chi connectivity index (χ1v) is 3.66. The van der Waals surface area contributed by atoms with Gasteiger partial charge in [0.05, 0.1) is 12.1 Å². The van der Waals surface area contributed by atoms with Crippen LogP contribution in [-0.4, -0.2) is 40.1 Å². The van der Waals surface area contributed by atoms with Gasteiger partial charge in [0.15, 0.2) is 0 Å². The number of hydrogen-bond donors (Lipinski definition) is 2. The average molecular weight is 183 g/mol. The van der Waals surface area contributed by atoms with Crippen LogP contribution in [0.5, 0.6) is 0 Å². The van der Waals surface area contributed by atoms with E-state index in [-0.39, 0.29) is 18.7 Å². The fourth-order valence-electron chi connectivity index (χ4n) is 1.03. The molecule has 0 saturated heterocycles. The molecule has 1 aliphatic heterocycles. The van der Waals surface area contributed by atoms with Crippen molar-refractivity contribution < 1.29 is 19.8 Å². The first-order valence-electron chi connectivity index (χ1n) is 3.66. The third kappa shape index (κ3) is 2.62. The van der Waals surface area contributed by atoms with Crippen LogP contribution in [0.1, 0.15) is 0 Å². The normalized spacial score (nSPS) is 15.4. The second-order valence-corrected chi connectivity index (χ2v) is 2.64. The largest absolute Gasteiger partial charge is 0.480 e. The van der Waals surface area contributed by atoms with Crippen LogP contribution >= 0.6 is 0 Å². The molecule has 0 aromatic rings. The van der Waals surface area contributed by atoms with E-state index in [2.05, 4.69) is 0 Å². The van der Waals surface area contributed by atoms with E-state index < -0.39 is 11.9 Å². The molecule has 2 N–H and O–H groups in total. The van der Waals surface area contributed by atoms with Crippen molar-refractivity contribution in [3.63, 3.8) is 0 Å². The molecule has 0 saturated carbocycles. The Morgan fingerprint density at radius 2 is 2.15 bits per heavy atom. The predicted molar refractivity (Wildman–Crippen MR) is 44.1 cm³/mol. The Balaban J connectivity index is 2.59. The summed E-state index contributed by atoms with van der Waals surface area (Å²) in [6.45, 7) is -0.0424. The molecule has 0 atom stereocenters. The van der Waals surface area contributed by atoms with Crippen molar-refractivity contribution in [1.82, 2.24) is 4.90 Å². The minimum absolute atomic E-state index is 0.137. The van der Waals surface area contributed by atoms with Crippen LogP contribution < -0.4 is 0 Å². The van der Waals surface area contributed by atoms with Crippen LogP contribution in [-0.2, 0) is 9.59 Å². The van der Waals surface area contributed by atoms with Gasteiger partial charge in [0.1, 0.15) is 6.54 Å². The van der Waals surface area contributed by atoms with Crippen molar-refractivity contribution >= 4 is 11.9 Å². The van der Waals surface area contributed by atoms with Crippen LogP contribution in [0, 0.1) is 0 Å². The molecule has 70 valence electrons. The highest BCUT2D eigenvalue weighted by Crippen LogP contribution is 2.06. The molecule has 0 fully saturated rings. The number of allylic oxidation sites excluding steroid dienone is 2. The van der Waals surface area contributed by atoms with Gasteiger partial charge in [0, 0.05) is 6.20 Å². The zero-order valence-electron chi connectivity index (χ0n) is 6.80. The maximum atomic E-state index is 10.5. The van der Waals surface area contributed by atoms with Crippen molar-refractivity contribution in [3.8, 4) is 0 Å². The van der Waals surface area contributed by atoms with Crippen LogP contribution in [0.3, 0.4) is 0 Å². The number of carboxylic acid groups (broad SMARTS) is 2. The summed E-state index contributed by atoms with van der Waals surface area (Å²) < 4.78 is 0. The summed E-state index contributed by atoms with van der Waals surface area (Å²) in [5, 5.41) is 17.1. The third-order valence-corrected chi connectivity index (χ3v) is 1.58. The highest BCUT2D eigenvalue weighted by Gasteiger charge is 2.14. The molecule has 1 heterocycles. The van der Waals surface area contributed by atoms with Gasteiger partial charge in [-0.05, 0) is 12.2 Å². The second-order valence-electron chi connectivity index (χ2n) is 2.64. The van der Waals surface area contributed by atoms with Crippen LogP contribution in [0.25, 0.3) is 0 Å². The van der Waals surface area contributed by atoms with E-state index in [1.54, 1.807) is 6.20 Å². The van der Waals surface area contributed by atoms with Crippen molar-refractivity contribution in [3.05, 3.63) is 23.9 Å². The van der Waals surface area contributed by atoms with Gasteiger partial charge in [-0.15, -0.1) is 0 Å². The van der Waals surface area contributed by atoms with Gasteiger partial charge >= 0.3 is 11.9 Å². The SMILES string of the molecule is O=C(O)CN1C=CC=C(C(=O)O)C1. The lowest BCUT2D eigenvalue weighted by atomic mass is 10.2. The first kappa shape index (κ1) is 9.31. The van der Waals surface area contributed by atoms with Gasteiger partial charge in [0.2, 0.25) is 0 Å². The van der Waals surface area contributed by atoms with Gasteiger partial charge in [-0.25, -0.2) is 4.79 Å². The Morgan fingerprint density at radius 3 is 2.69 bits per heavy atom. The van der Waals surface area contributed by atoms with Gasteiger partial charge in [0.25, 0.3) is 0 Å². The number of hydrogen-bond acceptors (Lipinski definition) is 3. The number of nitrogens with zero attached hydrogens (tertiary/aromatic N) is 1. The van der Waals surface area contributed by atoms with Gasteiger partial charge in [-0.2, -0.15) is 0 Å². The molecule has 0 amide bonds. The molecule has 1 aliphatic rings. The number of carbonyl (C=O) groups is 2. The zero-order chi connectivity index (χ0) is 9.84. The molecule has 5 nitrogen and oxygen atoms in total. The van der Waals surface area contributed by atoms with Crippen LogP contribution in [0.4, 0.5) is 0 Å². The van der Waals surface area contributed by atoms with E-state index in [0.29, 0.717) is 0 Å². The molecular formula is C8H9NO4. The summed E-state index contributed by atoms with van der Waals surface area (Å²) in [5.41, 5.74) is 0.198. The fourth-order valence-corrected chi connectivity index (χ4v) is 1.03. The molecule has 0 aliphatic carbocycles. The van der Waals surface area contributed by atoms with E-state index in [1.807, 2.05) is 0 Å². The molecule has 0 aromatic carbocycles. The number of rotatable bonds is 3. The van der Waals surface area contributed by atoms with Gasteiger partial charge in [-0.3, -0.25) is 4.79 Å². The predicted octanol–water partition coefficient (Wildman–Crippen LogP) is -0.0887. The molecule has 1 rings (SSSR count). The first-order chi connectivity index (χ1) is 6.09. The van der Waals surface area contributed by atoms with E-state index in [0.717, 1.165) is 0 Å². The highest BCUT2D eigenvalue weighted by molar-refractivity contribution is 5.87. The maximum Gasteiger partial charge on any atom is 0.333 e. The van der Waals surface area contributed by atoms with Crippen molar-refractivity contribution in [1.29, 1.82) is 0 Å². The van der Waals surface area contributed by atoms with Gasteiger partial charge in [-0.1, -0.05) is 0 Å². The Morgan fingerprint density at radius 1 is 1.46 bits per heavy atom. The lowest BCUT2D eigenvalue weighted by molar-refractivity contribution is -0.138. The average Bonchev–Trinajstić information content (AvgIpc) is 2.03. The summed E-state index contributed by atoms with van der Waals surface area (Å²) in [7, 11) is 0. The summed E-state index contributed by atoms with van der Waals surface area (Å²) >= 11 is 0. The highest BCUT2D eigenvalue weighted by atomic mass is 16.4. The maximum absolute atomic E-state index is 10.5. The topological polar surface area (TPSA) is 77.8 Å². The Labute approximate surface area is 74.6 Å². The smallest absolute Gasteiger partial charge is 0.333 e. The quantitative estimate of drug-likeness (QED) is 0.639. The minimum atomic E-state index is -1.01. The Hall–Kier alpha value is -1.78. The van der Waals surface area contributed by atoms with Gasteiger partial charge < -0.3 is 15.1 Å². The summed E-state index contributed by atoms with van der Waals surface area (Å²) in [6, 6.07) is 0. The van der Waals surface area contributed by atoms with Crippen molar-refractivity contribution in [2.45, 2.75) is 0 Å². The van der Waals surface area contributed by atoms with E-state index in [1.165, 1.54) is 17.1 Å². The molecule has 0 aromatic heterocycles. The minimum Gasteiger partial charge on any atom is -0.480 e. The molecule has 0 bridgehead atoms. The van der Waals surface area contributed by atoms with Crippen molar-refractivity contribution in [2.24, 2.45) is 0 Å². The molecule has 13 heavy (non-hydrogen) atoms. The number of carboxylic acids is 2.